The van der Waals surface area contributed by atoms with Gasteiger partial charge in [0.15, 0.2) is 5.69 Å². The second-order valence-electron chi connectivity index (χ2n) is 2.74. The van der Waals surface area contributed by atoms with E-state index in [1.165, 1.54) is 0 Å². The zero-order valence-corrected chi connectivity index (χ0v) is 7.29. The van der Waals surface area contributed by atoms with Crippen LogP contribution in [-0.4, -0.2) is 22.8 Å². The minimum Gasteiger partial charge on any atom is -0.461 e. The molecule has 0 spiro atoms. The predicted octanol–water partition coefficient (Wildman–Crippen LogP) is 0.617. The van der Waals surface area contributed by atoms with Crippen molar-refractivity contribution in [3.8, 4) is 0 Å². The van der Waals surface area contributed by atoms with Crippen LogP contribution >= 0.6 is 0 Å². The monoisotopic (exact) mass is 182 g/mol. The summed E-state index contributed by atoms with van der Waals surface area (Å²) in [5.74, 6) is -0.384. The molecule has 1 aliphatic heterocycles. The molecule has 1 N–H and O–H groups in total. The van der Waals surface area contributed by atoms with E-state index in [0.717, 1.165) is 11.3 Å². The minimum absolute atomic E-state index is 0.356. The van der Waals surface area contributed by atoms with Gasteiger partial charge in [-0.15, -0.1) is 0 Å². The summed E-state index contributed by atoms with van der Waals surface area (Å²) in [5.41, 5.74) is 2.07. The van der Waals surface area contributed by atoms with Gasteiger partial charge in [0, 0.05) is 5.56 Å². The molecule has 70 valence electrons. The highest BCUT2D eigenvalue weighted by Crippen LogP contribution is 2.20. The zero-order chi connectivity index (χ0) is 9.26. The number of hydrogen-bond acceptors (Lipinski definition) is 4. The molecular formula is C8H10N2O3. The highest BCUT2D eigenvalue weighted by molar-refractivity contribution is 5.89. The number of hydrogen-bond donors (Lipinski definition) is 1. The van der Waals surface area contributed by atoms with E-state index in [9.17, 15) is 4.79 Å². The fourth-order valence-electron chi connectivity index (χ4n) is 1.30. The number of rotatable bonds is 2. The van der Waals surface area contributed by atoms with Crippen molar-refractivity contribution in [2.75, 3.05) is 6.61 Å². The number of carbonyl (C=O) groups is 1. The molecular weight excluding hydrogens is 172 g/mol. The maximum Gasteiger partial charge on any atom is 0.359 e. The first-order valence-electron chi connectivity index (χ1n) is 4.14. The minimum atomic E-state index is -0.384. The van der Waals surface area contributed by atoms with Gasteiger partial charge in [0.25, 0.3) is 0 Å². The lowest BCUT2D eigenvalue weighted by Crippen LogP contribution is -2.07. The lowest BCUT2D eigenvalue weighted by molar-refractivity contribution is 0.0513. The van der Waals surface area contributed by atoms with Crippen molar-refractivity contribution in [3.63, 3.8) is 0 Å². The van der Waals surface area contributed by atoms with Crippen LogP contribution in [0, 0.1) is 0 Å². The standard InChI is InChI=1S/C8H10N2O3/c1-2-13-8(11)7-5-3-12-4-6(5)9-10-7/h2-4H2,1H3,(H,9,10). The Labute approximate surface area is 75.0 Å². The SMILES string of the molecule is CCOC(=O)c1n[nH]c2c1COC2. The van der Waals surface area contributed by atoms with Gasteiger partial charge in [0.2, 0.25) is 0 Å². The molecule has 2 heterocycles. The van der Waals surface area contributed by atoms with Gasteiger partial charge in [0.05, 0.1) is 25.5 Å². The lowest BCUT2D eigenvalue weighted by Gasteiger charge is -1.98. The van der Waals surface area contributed by atoms with Crippen LogP contribution in [0.15, 0.2) is 0 Å². The third-order valence-electron chi connectivity index (χ3n) is 1.91. The Kier molecular flexibility index (Phi) is 2.02. The van der Waals surface area contributed by atoms with E-state index in [2.05, 4.69) is 10.2 Å². The number of aromatic amines is 1. The van der Waals surface area contributed by atoms with Crippen LogP contribution in [0.25, 0.3) is 0 Å². The van der Waals surface area contributed by atoms with Crippen molar-refractivity contribution in [2.45, 2.75) is 20.1 Å². The number of nitrogens with one attached hydrogen (secondary N) is 1. The summed E-state index contributed by atoms with van der Waals surface area (Å²) in [6.07, 6.45) is 0. The molecule has 0 atom stereocenters. The number of H-pyrrole nitrogens is 1. The number of esters is 1. The van der Waals surface area contributed by atoms with E-state index in [-0.39, 0.29) is 5.97 Å². The number of nitrogens with zero attached hydrogens (tertiary/aromatic N) is 1. The van der Waals surface area contributed by atoms with Crippen LogP contribution in [0.5, 0.6) is 0 Å². The normalized spacial score (nSPS) is 14.2. The summed E-state index contributed by atoms with van der Waals surface area (Å²) in [5, 5.41) is 6.63. The summed E-state index contributed by atoms with van der Waals surface area (Å²) in [4.78, 5) is 11.3. The van der Waals surface area contributed by atoms with Crippen molar-refractivity contribution >= 4 is 5.97 Å². The van der Waals surface area contributed by atoms with E-state index < -0.39 is 0 Å². The van der Waals surface area contributed by atoms with Crippen LogP contribution in [0.4, 0.5) is 0 Å². The summed E-state index contributed by atoms with van der Waals surface area (Å²) in [6.45, 7) is 3.07. The van der Waals surface area contributed by atoms with Gasteiger partial charge in [-0.05, 0) is 6.92 Å². The molecule has 0 amide bonds. The zero-order valence-electron chi connectivity index (χ0n) is 7.29. The topological polar surface area (TPSA) is 64.2 Å². The van der Waals surface area contributed by atoms with Gasteiger partial charge in [-0.3, -0.25) is 5.10 Å². The Morgan fingerprint density at radius 2 is 2.54 bits per heavy atom. The van der Waals surface area contributed by atoms with E-state index >= 15 is 0 Å². The fraction of sp³-hybridized carbons (Fsp3) is 0.500. The Balaban J connectivity index is 2.26. The van der Waals surface area contributed by atoms with Crippen LogP contribution < -0.4 is 0 Å². The van der Waals surface area contributed by atoms with Gasteiger partial charge in [-0.2, -0.15) is 5.10 Å². The number of ether oxygens (including phenoxy) is 2. The fourth-order valence-corrected chi connectivity index (χ4v) is 1.30. The highest BCUT2D eigenvalue weighted by Gasteiger charge is 2.24. The molecule has 0 unspecified atom stereocenters. The van der Waals surface area contributed by atoms with Gasteiger partial charge in [-0.25, -0.2) is 4.79 Å². The Morgan fingerprint density at radius 1 is 1.69 bits per heavy atom. The molecule has 1 aromatic heterocycles. The molecule has 0 aromatic carbocycles. The van der Waals surface area contributed by atoms with Crippen LogP contribution in [0.2, 0.25) is 0 Å². The molecule has 0 radical (unpaired) electrons. The van der Waals surface area contributed by atoms with Crippen molar-refractivity contribution in [1.29, 1.82) is 0 Å². The highest BCUT2D eigenvalue weighted by atomic mass is 16.5. The van der Waals surface area contributed by atoms with Crippen LogP contribution in [-0.2, 0) is 22.7 Å². The van der Waals surface area contributed by atoms with Crippen LogP contribution in [0.3, 0.4) is 0 Å². The quantitative estimate of drug-likeness (QED) is 0.681. The molecule has 0 fully saturated rings. The summed E-state index contributed by atoms with van der Waals surface area (Å²) in [7, 11) is 0. The van der Waals surface area contributed by atoms with E-state index in [1.807, 2.05) is 0 Å². The molecule has 1 aliphatic rings. The largest absolute Gasteiger partial charge is 0.461 e. The summed E-state index contributed by atoms with van der Waals surface area (Å²) >= 11 is 0. The first-order chi connectivity index (χ1) is 6.33. The Bertz CT molecular complexity index is 332. The molecule has 13 heavy (non-hydrogen) atoms. The molecule has 0 bridgehead atoms. The molecule has 0 aliphatic carbocycles. The maximum absolute atomic E-state index is 11.3. The number of aromatic nitrogens is 2. The summed E-state index contributed by atoms with van der Waals surface area (Å²) < 4.78 is 9.98. The molecule has 5 nitrogen and oxygen atoms in total. The van der Waals surface area contributed by atoms with Gasteiger partial charge < -0.3 is 9.47 Å². The van der Waals surface area contributed by atoms with Gasteiger partial charge >= 0.3 is 5.97 Å². The van der Waals surface area contributed by atoms with Crippen molar-refractivity contribution in [1.82, 2.24) is 10.2 Å². The van der Waals surface area contributed by atoms with Crippen molar-refractivity contribution in [3.05, 3.63) is 17.0 Å². The maximum atomic E-state index is 11.3. The molecule has 5 heteroatoms. The molecule has 0 saturated heterocycles. The second kappa shape index (κ2) is 3.18. The second-order valence-corrected chi connectivity index (χ2v) is 2.74. The van der Waals surface area contributed by atoms with Crippen molar-refractivity contribution < 1.29 is 14.3 Å². The van der Waals surface area contributed by atoms with Gasteiger partial charge in [0.1, 0.15) is 0 Å². The molecule has 0 saturated carbocycles. The predicted molar refractivity (Wildman–Crippen MR) is 43.0 cm³/mol. The number of carbonyl (C=O) groups excluding carboxylic acids is 1. The Morgan fingerprint density at radius 3 is 3.31 bits per heavy atom. The van der Waals surface area contributed by atoms with Gasteiger partial charge in [-0.1, -0.05) is 0 Å². The van der Waals surface area contributed by atoms with E-state index in [1.54, 1.807) is 6.92 Å². The third kappa shape index (κ3) is 1.31. The molecule has 2 rings (SSSR count). The first-order valence-corrected chi connectivity index (χ1v) is 4.14. The average Bonchev–Trinajstić information content (AvgIpc) is 2.62. The van der Waals surface area contributed by atoms with Crippen LogP contribution in [0.1, 0.15) is 28.7 Å². The third-order valence-corrected chi connectivity index (χ3v) is 1.91. The molecule has 1 aromatic rings. The lowest BCUT2D eigenvalue weighted by atomic mass is 10.2. The first kappa shape index (κ1) is 8.25. The average molecular weight is 182 g/mol. The smallest absolute Gasteiger partial charge is 0.359 e. The number of fused-ring (bicyclic) bond motifs is 1. The Hall–Kier alpha value is -1.36. The van der Waals surface area contributed by atoms with E-state index in [0.29, 0.717) is 25.5 Å². The van der Waals surface area contributed by atoms with Crippen molar-refractivity contribution in [2.24, 2.45) is 0 Å². The van der Waals surface area contributed by atoms with E-state index in [4.69, 9.17) is 9.47 Å². The summed E-state index contributed by atoms with van der Waals surface area (Å²) in [6, 6.07) is 0.